The molecule has 0 aliphatic carbocycles. The molecule has 1 heterocycles. The van der Waals surface area contributed by atoms with E-state index in [1.807, 2.05) is 29.2 Å². The second kappa shape index (κ2) is 7.77. The first-order chi connectivity index (χ1) is 10.6. The summed E-state index contributed by atoms with van der Waals surface area (Å²) in [6.45, 7) is 1.01. The van der Waals surface area contributed by atoms with Crippen molar-refractivity contribution >= 4 is 11.5 Å². The van der Waals surface area contributed by atoms with Crippen LogP contribution in [-0.4, -0.2) is 51.1 Å². The van der Waals surface area contributed by atoms with Crippen LogP contribution in [0, 0.1) is 0 Å². The van der Waals surface area contributed by atoms with Crippen LogP contribution in [0.5, 0.6) is 5.75 Å². The molecule has 1 aliphatic rings. The molecule has 0 fully saturated rings. The van der Waals surface area contributed by atoms with Crippen molar-refractivity contribution in [1.29, 1.82) is 0 Å². The van der Waals surface area contributed by atoms with Crippen molar-refractivity contribution in [3.63, 3.8) is 0 Å². The van der Waals surface area contributed by atoms with Gasteiger partial charge >= 0.3 is 0 Å². The summed E-state index contributed by atoms with van der Waals surface area (Å²) >= 11 is 0. The van der Waals surface area contributed by atoms with Gasteiger partial charge in [-0.3, -0.25) is 4.99 Å². The van der Waals surface area contributed by atoms with Crippen molar-refractivity contribution < 1.29 is 13.5 Å². The predicted molar refractivity (Wildman–Crippen MR) is 84.5 cm³/mol. The number of ether oxygens (including phenoxy) is 1. The van der Waals surface area contributed by atoms with Crippen molar-refractivity contribution in [2.24, 2.45) is 4.99 Å². The van der Waals surface area contributed by atoms with E-state index in [1.165, 1.54) is 5.57 Å². The highest BCUT2D eigenvalue weighted by atomic mass is 19.3. The molecule has 120 valence electrons. The molecular weight excluding hydrogens is 288 g/mol. The summed E-state index contributed by atoms with van der Waals surface area (Å²) in [7, 11) is 3.25. The van der Waals surface area contributed by atoms with Crippen molar-refractivity contribution in [2.45, 2.75) is 12.8 Å². The summed E-state index contributed by atoms with van der Waals surface area (Å²) in [5.74, 6) is 1.34. The highest BCUT2D eigenvalue weighted by Crippen LogP contribution is 2.25. The minimum Gasteiger partial charge on any atom is -0.497 e. The lowest BCUT2D eigenvalue weighted by molar-refractivity contribution is 0.151. The Bertz CT molecular complexity index is 558. The van der Waals surface area contributed by atoms with Crippen LogP contribution in [-0.2, 0) is 0 Å². The summed E-state index contributed by atoms with van der Waals surface area (Å²) in [6, 6.07) is 7.93. The zero-order valence-electron chi connectivity index (χ0n) is 12.9. The SMILES string of the molecule is CN=C(NCC(F)F)N1CC=C(c2cccc(OC)c2)CC1. The molecule has 4 nitrogen and oxygen atoms in total. The number of rotatable bonds is 4. The van der Waals surface area contributed by atoms with Gasteiger partial charge in [0.25, 0.3) is 6.43 Å². The normalized spacial score (nSPS) is 15.8. The third-order valence-electron chi connectivity index (χ3n) is 3.58. The third kappa shape index (κ3) is 4.19. The lowest BCUT2D eigenvalue weighted by Crippen LogP contribution is -2.44. The van der Waals surface area contributed by atoms with Crippen LogP contribution in [0.25, 0.3) is 5.57 Å². The highest BCUT2D eigenvalue weighted by Gasteiger charge is 2.17. The Kier molecular flexibility index (Phi) is 5.75. The molecule has 0 unspecified atom stereocenters. The number of aliphatic imine (C=N–C) groups is 1. The minimum atomic E-state index is -2.38. The molecule has 6 heteroatoms. The summed E-state index contributed by atoms with van der Waals surface area (Å²) in [4.78, 5) is 6.02. The zero-order valence-corrected chi connectivity index (χ0v) is 12.9. The molecule has 1 aromatic rings. The van der Waals surface area contributed by atoms with E-state index in [1.54, 1.807) is 14.2 Å². The Labute approximate surface area is 129 Å². The number of hydrogen-bond acceptors (Lipinski definition) is 2. The van der Waals surface area contributed by atoms with E-state index < -0.39 is 6.43 Å². The summed E-state index contributed by atoms with van der Waals surface area (Å²) in [5, 5.41) is 2.69. The van der Waals surface area contributed by atoms with E-state index in [0.717, 1.165) is 24.3 Å². The number of nitrogens with zero attached hydrogens (tertiary/aromatic N) is 2. The first-order valence-corrected chi connectivity index (χ1v) is 7.21. The largest absolute Gasteiger partial charge is 0.497 e. The monoisotopic (exact) mass is 309 g/mol. The Balaban J connectivity index is 2.02. The lowest BCUT2D eigenvalue weighted by Gasteiger charge is -2.29. The Morgan fingerprint density at radius 1 is 1.45 bits per heavy atom. The molecule has 0 saturated heterocycles. The Morgan fingerprint density at radius 2 is 2.27 bits per heavy atom. The number of halogens is 2. The van der Waals surface area contributed by atoms with E-state index >= 15 is 0 Å². The summed E-state index contributed by atoms with van der Waals surface area (Å²) in [6.07, 6.45) is 0.556. The fraction of sp³-hybridized carbons (Fsp3) is 0.438. The smallest absolute Gasteiger partial charge is 0.255 e. The molecule has 1 aromatic carbocycles. The summed E-state index contributed by atoms with van der Waals surface area (Å²) < 4.78 is 29.8. The van der Waals surface area contributed by atoms with Crippen LogP contribution in [0.2, 0.25) is 0 Å². The van der Waals surface area contributed by atoms with Gasteiger partial charge in [-0.25, -0.2) is 8.78 Å². The molecular formula is C16H21F2N3O. The average Bonchev–Trinajstić information content (AvgIpc) is 2.56. The molecule has 0 saturated carbocycles. The number of guanidine groups is 1. The molecule has 2 rings (SSSR count). The van der Waals surface area contributed by atoms with Gasteiger partial charge in [0.1, 0.15) is 5.75 Å². The number of nitrogens with one attached hydrogen (secondary N) is 1. The molecule has 22 heavy (non-hydrogen) atoms. The van der Waals surface area contributed by atoms with Crippen LogP contribution >= 0.6 is 0 Å². The van der Waals surface area contributed by atoms with Crippen molar-refractivity contribution in [3.8, 4) is 5.75 Å². The van der Waals surface area contributed by atoms with Gasteiger partial charge in [0.05, 0.1) is 13.7 Å². The first kappa shape index (κ1) is 16.3. The molecule has 0 radical (unpaired) electrons. The molecule has 0 amide bonds. The molecule has 1 aliphatic heterocycles. The average molecular weight is 309 g/mol. The van der Waals surface area contributed by atoms with Crippen LogP contribution in [0.3, 0.4) is 0 Å². The summed E-state index contributed by atoms with van der Waals surface area (Å²) in [5.41, 5.74) is 2.37. The molecule has 0 atom stereocenters. The minimum absolute atomic E-state index is 0.379. The highest BCUT2D eigenvalue weighted by molar-refractivity contribution is 5.81. The predicted octanol–water partition coefficient (Wildman–Crippen LogP) is 2.62. The maximum atomic E-state index is 12.3. The zero-order chi connectivity index (χ0) is 15.9. The van der Waals surface area contributed by atoms with E-state index in [-0.39, 0.29) is 6.54 Å². The van der Waals surface area contributed by atoms with Gasteiger partial charge in [0, 0.05) is 20.1 Å². The van der Waals surface area contributed by atoms with Crippen LogP contribution in [0.1, 0.15) is 12.0 Å². The van der Waals surface area contributed by atoms with Crippen LogP contribution in [0.15, 0.2) is 35.3 Å². The number of alkyl halides is 2. The van der Waals surface area contributed by atoms with Crippen LogP contribution < -0.4 is 10.1 Å². The van der Waals surface area contributed by atoms with Gasteiger partial charge in [-0.2, -0.15) is 0 Å². The first-order valence-electron chi connectivity index (χ1n) is 7.21. The lowest BCUT2D eigenvalue weighted by atomic mass is 9.99. The van der Waals surface area contributed by atoms with E-state index in [9.17, 15) is 8.78 Å². The van der Waals surface area contributed by atoms with Gasteiger partial charge in [0.15, 0.2) is 5.96 Å². The van der Waals surface area contributed by atoms with E-state index in [0.29, 0.717) is 12.5 Å². The molecule has 1 N–H and O–H groups in total. The van der Waals surface area contributed by atoms with Crippen molar-refractivity contribution in [1.82, 2.24) is 10.2 Å². The second-order valence-corrected chi connectivity index (χ2v) is 4.98. The maximum absolute atomic E-state index is 12.3. The fourth-order valence-corrected chi connectivity index (χ4v) is 2.45. The van der Waals surface area contributed by atoms with Gasteiger partial charge in [-0.05, 0) is 29.7 Å². The number of hydrogen-bond donors (Lipinski definition) is 1. The number of benzene rings is 1. The van der Waals surface area contributed by atoms with Gasteiger partial charge in [0.2, 0.25) is 0 Å². The topological polar surface area (TPSA) is 36.9 Å². The maximum Gasteiger partial charge on any atom is 0.255 e. The molecule has 0 spiro atoms. The second-order valence-electron chi connectivity index (χ2n) is 4.98. The van der Waals surface area contributed by atoms with Crippen LogP contribution in [0.4, 0.5) is 8.78 Å². The number of methoxy groups -OCH3 is 1. The van der Waals surface area contributed by atoms with E-state index in [2.05, 4.69) is 16.4 Å². The molecule has 0 aromatic heterocycles. The van der Waals surface area contributed by atoms with Crippen molar-refractivity contribution in [3.05, 3.63) is 35.9 Å². The Morgan fingerprint density at radius 3 is 2.86 bits per heavy atom. The third-order valence-corrected chi connectivity index (χ3v) is 3.58. The van der Waals surface area contributed by atoms with Gasteiger partial charge in [-0.1, -0.05) is 18.2 Å². The van der Waals surface area contributed by atoms with Crippen molar-refractivity contribution in [2.75, 3.05) is 33.8 Å². The standard InChI is InChI=1S/C16H21F2N3O/c1-19-16(20-11-15(17)18)21-8-6-12(7-9-21)13-4-3-5-14(10-13)22-2/h3-6,10,15H,7-9,11H2,1-2H3,(H,19,20). The van der Waals surface area contributed by atoms with Gasteiger partial charge in [-0.15, -0.1) is 0 Å². The van der Waals surface area contributed by atoms with E-state index in [4.69, 9.17) is 4.74 Å². The quantitative estimate of drug-likeness (QED) is 0.686. The van der Waals surface area contributed by atoms with Gasteiger partial charge < -0.3 is 15.0 Å². The Hall–Kier alpha value is -2.11. The molecule has 0 bridgehead atoms. The fourth-order valence-electron chi connectivity index (χ4n) is 2.45.